The van der Waals surface area contributed by atoms with Gasteiger partial charge < -0.3 is 20.2 Å². The molecule has 1 aromatic heterocycles. The number of hydrogen-bond donors (Lipinski definition) is 2. The molecule has 0 aliphatic carbocycles. The molecule has 3 N–H and O–H groups in total. The lowest BCUT2D eigenvalue weighted by atomic mass is 9.94. The Morgan fingerprint density at radius 2 is 1.85 bits per heavy atom. The SMILES string of the molecule is C=CCc1cc(-c2c(C#N)c(N)[nH]c(=O)c2C#N)cc(OCC)c1OCC. The molecule has 0 aliphatic heterocycles. The van der Waals surface area contributed by atoms with E-state index in [0.29, 0.717) is 36.7 Å². The number of allylic oxidation sites excluding steroid dienone is 1. The fourth-order valence-electron chi connectivity index (χ4n) is 2.81. The van der Waals surface area contributed by atoms with Gasteiger partial charge >= 0.3 is 0 Å². The van der Waals surface area contributed by atoms with Gasteiger partial charge in [-0.05, 0) is 38.0 Å². The Labute approximate surface area is 157 Å². The van der Waals surface area contributed by atoms with Crippen molar-refractivity contribution in [1.82, 2.24) is 4.98 Å². The number of pyridine rings is 1. The maximum atomic E-state index is 12.2. The molecule has 7 heteroatoms. The lowest BCUT2D eigenvalue weighted by molar-refractivity contribution is 0.286. The molecule has 0 saturated heterocycles. The Bertz CT molecular complexity index is 1010. The molecule has 0 radical (unpaired) electrons. The summed E-state index contributed by atoms with van der Waals surface area (Å²) in [7, 11) is 0. The minimum Gasteiger partial charge on any atom is -0.490 e. The van der Waals surface area contributed by atoms with E-state index in [1.54, 1.807) is 18.2 Å². The van der Waals surface area contributed by atoms with Crippen LogP contribution in [0.15, 0.2) is 29.6 Å². The maximum Gasteiger partial charge on any atom is 0.268 e. The van der Waals surface area contributed by atoms with Crippen LogP contribution in [0.1, 0.15) is 30.5 Å². The van der Waals surface area contributed by atoms with Crippen molar-refractivity contribution in [2.24, 2.45) is 0 Å². The second-order valence-corrected chi connectivity index (χ2v) is 5.54. The van der Waals surface area contributed by atoms with E-state index in [2.05, 4.69) is 11.6 Å². The van der Waals surface area contributed by atoms with Crippen molar-refractivity contribution in [3.63, 3.8) is 0 Å². The molecule has 2 aromatic rings. The van der Waals surface area contributed by atoms with Crippen LogP contribution in [0.5, 0.6) is 11.5 Å². The Kier molecular flexibility index (Phi) is 6.24. The van der Waals surface area contributed by atoms with E-state index in [1.165, 1.54) is 0 Å². The summed E-state index contributed by atoms with van der Waals surface area (Å²) in [6, 6.07) is 7.24. The molecule has 0 aliphatic rings. The number of benzene rings is 1. The molecule has 138 valence electrons. The van der Waals surface area contributed by atoms with Crippen molar-refractivity contribution in [2.45, 2.75) is 20.3 Å². The third kappa shape index (κ3) is 3.78. The number of nitrogens with zero attached hydrogens (tertiary/aromatic N) is 2. The number of H-pyrrole nitrogens is 1. The number of anilines is 1. The summed E-state index contributed by atoms with van der Waals surface area (Å²) >= 11 is 0. The average Bonchev–Trinajstić information content (AvgIpc) is 2.64. The normalized spacial score (nSPS) is 9.93. The molecule has 0 atom stereocenters. The monoisotopic (exact) mass is 364 g/mol. The van der Waals surface area contributed by atoms with Crippen LogP contribution in [-0.4, -0.2) is 18.2 Å². The standard InChI is InChI=1S/C20H20N4O3/c1-4-7-12-8-13(9-16(26-5-2)18(12)27-6-3)17-14(10-21)19(23)24-20(25)15(17)11-22/h4,8-9H,1,5-7H2,2-3H3,(H3,23,24,25). The minimum absolute atomic E-state index is 0.0299. The van der Waals surface area contributed by atoms with E-state index in [1.807, 2.05) is 26.0 Å². The van der Waals surface area contributed by atoms with Crippen molar-refractivity contribution >= 4 is 5.82 Å². The molecular formula is C20H20N4O3. The first-order valence-electron chi connectivity index (χ1n) is 8.41. The summed E-state index contributed by atoms with van der Waals surface area (Å²) in [5.41, 5.74) is 6.42. The van der Waals surface area contributed by atoms with Crippen molar-refractivity contribution < 1.29 is 9.47 Å². The molecule has 1 aromatic carbocycles. The molecule has 27 heavy (non-hydrogen) atoms. The molecule has 0 fully saturated rings. The summed E-state index contributed by atoms with van der Waals surface area (Å²) in [6.45, 7) is 8.28. The number of nitrogens with two attached hydrogens (primary N) is 1. The van der Waals surface area contributed by atoms with Crippen LogP contribution < -0.4 is 20.8 Å². The number of nitrogen functional groups attached to an aromatic ring is 1. The van der Waals surface area contributed by atoms with Gasteiger partial charge in [0.05, 0.1) is 13.2 Å². The fourth-order valence-corrected chi connectivity index (χ4v) is 2.81. The van der Waals surface area contributed by atoms with Gasteiger partial charge in [-0.2, -0.15) is 10.5 Å². The molecule has 0 amide bonds. The van der Waals surface area contributed by atoms with Crippen LogP contribution in [0.3, 0.4) is 0 Å². The molecule has 0 bridgehead atoms. The van der Waals surface area contributed by atoms with Gasteiger partial charge in [-0.3, -0.25) is 4.79 Å². The molecule has 0 saturated carbocycles. The van der Waals surface area contributed by atoms with Gasteiger partial charge in [0.25, 0.3) is 5.56 Å². The molecule has 2 rings (SSSR count). The van der Waals surface area contributed by atoms with E-state index in [-0.39, 0.29) is 22.5 Å². The lowest BCUT2D eigenvalue weighted by Crippen LogP contribution is -2.16. The summed E-state index contributed by atoms with van der Waals surface area (Å²) in [6.07, 6.45) is 2.19. The van der Waals surface area contributed by atoms with Crippen molar-refractivity contribution in [2.75, 3.05) is 18.9 Å². The maximum absolute atomic E-state index is 12.2. The molecule has 1 heterocycles. The van der Waals surface area contributed by atoms with Crippen LogP contribution in [-0.2, 0) is 6.42 Å². The Morgan fingerprint density at radius 1 is 1.19 bits per heavy atom. The smallest absolute Gasteiger partial charge is 0.268 e. The third-order valence-electron chi connectivity index (χ3n) is 3.84. The van der Waals surface area contributed by atoms with Gasteiger partial charge in [-0.15, -0.1) is 6.58 Å². The number of aromatic nitrogens is 1. The predicted molar refractivity (Wildman–Crippen MR) is 103 cm³/mol. The van der Waals surface area contributed by atoms with E-state index in [0.717, 1.165) is 5.56 Å². The largest absolute Gasteiger partial charge is 0.490 e. The van der Waals surface area contributed by atoms with Crippen LogP contribution in [0.25, 0.3) is 11.1 Å². The van der Waals surface area contributed by atoms with Gasteiger partial charge in [-0.1, -0.05) is 6.08 Å². The topological polar surface area (TPSA) is 125 Å². The first kappa shape index (κ1) is 19.6. The Hall–Kier alpha value is -3.71. The number of hydrogen-bond acceptors (Lipinski definition) is 6. The zero-order valence-corrected chi connectivity index (χ0v) is 15.3. The number of nitriles is 2. The summed E-state index contributed by atoms with van der Waals surface area (Å²) in [5.74, 6) is 0.937. The van der Waals surface area contributed by atoms with Gasteiger partial charge in [0, 0.05) is 11.1 Å². The Morgan fingerprint density at radius 3 is 2.41 bits per heavy atom. The summed E-state index contributed by atoms with van der Waals surface area (Å²) < 4.78 is 11.4. The second kappa shape index (κ2) is 8.59. The van der Waals surface area contributed by atoms with Crippen molar-refractivity contribution in [1.29, 1.82) is 10.5 Å². The van der Waals surface area contributed by atoms with Crippen LogP contribution in [0, 0.1) is 22.7 Å². The summed E-state index contributed by atoms with van der Waals surface area (Å²) in [5, 5.41) is 19.0. The van der Waals surface area contributed by atoms with Crippen LogP contribution in [0.2, 0.25) is 0 Å². The zero-order chi connectivity index (χ0) is 20.0. The highest BCUT2D eigenvalue weighted by Gasteiger charge is 2.21. The Balaban J connectivity index is 2.92. The van der Waals surface area contributed by atoms with Gasteiger partial charge in [0.2, 0.25) is 0 Å². The lowest BCUT2D eigenvalue weighted by Gasteiger charge is -2.18. The van der Waals surface area contributed by atoms with Crippen LogP contribution in [0.4, 0.5) is 5.82 Å². The number of aromatic amines is 1. The predicted octanol–water partition coefficient (Wildman–Crippen LogP) is 2.89. The van der Waals surface area contributed by atoms with E-state index in [4.69, 9.17) is 15.2 Å². The number of nitrogens with one attached hydrogen (secondary N) is 1. The highest BCUT2D eigenvalue weighted by atomic mass is 16.5. The number of rotatable bonds is 7. The highest BCUT2D eigenvalue weighted by Crippen LogP contribution is 2.39. The molecule has 7 nitrogen and oxygen atoms in total. The number of ether oxygens (including phenoxy) is 2. The van der Waals surface area contributed by atoms with Gasteiger partial charge in [0.15, 0.2) is 11.5 Å². The van der Waals surface area contributed by atoms with E-state index < -0.39 is 5.56 Å². The third-order valence-corrected chi connectivity index (χ3v) is 3.84. The van der Waals surface area contributed by atoms with Crippen LogP contribution >= 0.6 is 0 Å². The van der Waals surface area contributed by atoms with E-state index in [9.17, 15) is 15.3 Å². The van der Waals surface area contributed by atoms with Crippen molar-refractivity contribution in [3.05, 3.63) is 51.8 Å². The second-order valence-electron chi connectivity index (χ2n) is 5.54. The molecular weight excluding hydrogens is 344 g/mol. The van der Waals surface area contributed by atoms with Gasteiger partial charge in [-0.25, -0.2) is 0 Å². The first-order valence-corrected chi connectivity index (χ1v) is 8.41. The van der Waals surface area contributed by atoms with E-state index >= 15 is 0 Å². The summed E-state index contributed by atoms with van der Waals surface area (Å²) in [4.78, 5) is 14.5. The van der Waals surface area contributed by atoms with Crippen molar-refractivity contribution in [3.8, 4) is 34.8 Å². The zero-order valence-electron chi connectivity index (χ0n) is 15.3. The fraction of sp³-hybridized carbons (Fsp3) is 0.250. The van der Waals surface area contributed by atoms with Gasteiger partial charge in [0.1, 0.15) is 29.1 Å². The average molecular weight is 364 g/mol. The minimum atomic E-state index is -0.652. The molecule has 0 unspecified atom stereocenters. The first-order chi connectivity index (χ1) is 13.0. The quantitative estimate of drug-likeness (QED) is 0.728. The molecule has 0 spiro atoms. The highest BCUT2D eigenvalue weighted by molar-refractivity contribution is 5.82.